The van der Waals surface area contributed by atoms with Gasteiger partial charge in [0.05, 0.1) is 12.2 Å². The molecule has 2 amide bonds. The molecule has 1 saturated carbocycles. The summed E-state index contributed by atoms with van der Waals surface area (Å²) in [5.41, 5.74) is 1.63. The molecule has 2 N–H and O–H groups in total. The summed E-state index contributed by atoms with van der Waals surface area (Å²) < 4.78 is 0. The Morgan fingerprint density at radius 2 is 1.88 bits per heavy atom. The quantitative estimate of drug-likeness (QED) is 0.872. The normalized spacial score (nSPS) is 15.0. The SMILES string of the molecule is O=C(CNC(=O)c1ccccc1)Nc1nc(C2CCCCC2)cs1. The number of amides is 2. The molecule has 5 nitrogen and oxygen atoms in total. The van der Waals surface area contributed by atoms with Crippen LogP contribution >= 0.6 is 11.3 Å². The standard InChI is InChI=1S/C18H21N3O2S/c22-16(11-19-17(23)14-9-5-2-6-10-14)21-18-20-15(12-24-18)13-7-3-1-4-8-13/h2,5-6,9-10,12-13H,1,3-4,7-8,11H2,(H,19,23)(H,20,21,22). The van der Waals surface area contributed by atoms with Gasteiger partial charge in [0.1, 0.15) is 0 Å². The first-order valence-electron chi connectivity index (χ1n) is 8.31. The Morgan fingerprint density at radius 3 is 2.62 bits per heavy atom. The fourth-order valence-corrected chi connectivity index (χ4v) is 3.75. The third-order valence-corrected chi connectivity index (χ3v) is 5.01. The van der Waals surface area contributed by atoms with Crippen molar-refractivity contribution in [2.45, 2.75) is 38.0 Å². The maximum absolute atomic E-state index is 12.0. The molecule has 24 heavy (non-hydrogen) atoms. The summed E-state index contributed by atoms with van der Waals surface area (Å²) in [5, 5.41) is 8.02. The third kappa shape index (κ3) is 4.41. The lowest BCUT2D eigenvalue weighted by molar-refractivity contribution is -0.115. The average molecular weight is 343 g/mol. The molecule has 126 valence electrons. The Morgan fingerprint density at radius 1 is 1.12 bits per heavy atom. The van der Waals surface area contributed by atoms with Crippen molar-refractivity contribution in [2.24, 2.45) is 0 Å². The van der Waals surface area contributed by atoms with E-state index in [1.54, 1.807) is 24.3 Å². The minimum absolute atomic E-state index is 0.0634. The average Bonchev–Trinajstić information content (AvgIpc) is 3.09. The number of rotatable bonds is 5. The fraction of sp³-hybridized carbons (Fsp3) is 0.389. The van der Waals surface area contributed by atoms with Crippen molar-refractivity contribution >= 4 is 28.3 Å². The van der Waals surface area contributed by atoms with Crippen LogP contribution < -0.4 is 10.6 Å². The molecule has 1 aliphatic carbocycles. The van der Waals surface area contributed by atoms with E-state index in [1.807, 2.05) is 11.4 Å². The fourth-order valence-electron chi connectivity index (χ4n) is 2.95. The monoisotopic (exact) mass is 343 g/mol. The Bertz CT molecular complexity index is 693. The van der Waals surface area contributed by atoms with Crippen molar-refractivity contribution in [2.75, 3.05) is 11.9 Å². The van der Waals surface area contributed by atoms with Crippen molar-refractivity contribution in [3.05, 3.63) is 47.0 Å². The van der Waals surface area contributed by atoms with Crippen LogP contribution in [-0.2, 0) is 4.79 Å². The van der Waals surface area contributed by atoms with Crippen LogP contribution in [0, 0.1) is 0 Å². The molecule has 0 saturated heterocycles. The van der Waals surface area contributed by atoms with Crippen LogP contribution in [-0.4, -0.2) is 23.3 Å². The minimum Gasteiger partial charge on any atom is -0.343 e. The summed E-state index contributed by atoms with van der Waals surface area (Å²) in [6.45, 7) is -0.0634. The summed E-state index contributed by atoms with van der Waals surface area (Å²) in [7, 11) is 0. The van der Waals surface area contributed by atoms with Gasteiger partial charge in [-0.15, -0.1) is 11.3 Å². The van der Waals surface area contributed by atoms with Crippen LogP contribution in [0.25, 0.3) is 0 Å². The van der Waals surface area contributed by atoms with Crippen molar-refractivity contribution < 1.29 is 9.59 Å². The number of thiazole rings is 1. The zero-order chi connectivity index (χ0) is 16.8. The molecule has 0 radical (unpaired) electrons. The van der Waals surface area contributed by atoms with Gasteiger partial charge in [-0.1, -0.05) is 37.5 Å². The van der Waals surface area contributed by atoms with E-state index in [2.05, 4.69) is 15.6 Å². The van der Waals surface area contributed by atoms with Crippen molar-refractivity contribution in [1.82, 2.24) is 10.3 Å². The molecule has 1 fully saturated rings. The molecule has 2 aromatic rings. The van der Waals surface area contributed by atoms with Gasteiger partial charge in [0, 0.05) is 16.9 Å². The number of carbonyl (C=O) groups excluding carboxylic acids is 2. The van der Waals surface area contributed by atoms with E-state index in [9.17, 15) is 9.59 Å². The smallest absolute Gasteiger partial charge is 0.251 e. The number of anilines is 1. The van der Waals surface area contributed by atoms with E-state index in [4.69, 9.17) is 0 Å². The zero-order valence-corrected chi connectivity index (χ0v) is 14.3. The maximum atomic E-state index is 12.0. The number of aromatic nitrogens is 1. The van der Waals surface area contributed by atoms with Crippen molar-refractivity contribution in [3.63, 3.8) is 0 Å². The molecule has 0 spiro atoms. The van der Waals surface area contributed by atoms with Gasteiger partial charge < -0.3 is 10.6 Å². The van der Waals surface area contributed by atoms with E-state index in [-0.39, 0.29) is 18.4 Å². The summed E-state index contributed by atoms with van der Waals surface area (Å²) in [4.78, 5) is 28.4. The highest BCUT2D eigenvalue weighted by Crippen LogP contribution is 2.33. The summed E-state index contributed by atoms with van der Waals surface area (Å²) in [6.07, 6.45) is 6.20. The second-order valence-electron chi connectivity index (χ2n) is 6.01. The molecule has 3 rings (SSSR count). The first-order valence-corrected chi connectivity index (χ1v) is 9.19. The van der Waals surface area contributed by atoms with E-state index in [1.165, 1.54) is 43.4 Å². The number of hydrogen-bond acceptors (Lipinski definition) is 4. The van der Waals surface area contributed by atoms with Crippen LogP contribution in [0.4, 0.5) is 5.13 Å². The molecule has 0 bridgehead atoms. The van der Waals surface area contributed by atoms with Gasteiger partial charge in [-0.2, -0.15) is 0 Å². The van der Waals surface area contributed by atoms with Gasteiger partial charge in [0.15, 0.2) is 5.13 Å². The van der Waals surface area contributed by atoms with Crippen LogP contribution in [0.5, 0.6) is 0 Å². The summed E-state index contributed by atoms with van der Waals surface area (Å²) >= 11 is 1.45. The molecule has 1 aromatic heterocycles. The second kappa shape index (κ2) is 8.06. The Labute approximate surface area is 145 Å². The predicted octanol–water partition coefficient (Wildman–Crippen LogP) is 3.56. The third-order valence-electron chi connectivity index (χ3n) is 4.24. The highest BCUT2D eigenvalue weighted by atomic mass is 32.1. The number of nitrogens with zero attached hydrogens (tertiary/aromatic N) is 1. The second-order valence-corrected chi connectivity index (χ2v) is 6.87. The van der Waals surface area contributed by atoms with E-state index < -0.39 is 0 Å². The maximum Gasteiger partial charge on any atom is 0.251 e. The van der Waals surface area contributed by atoms with Crippen LogP contribution in [0.15, 0.2) is 35.7 Å². The minimum atomic E-state index is -0.260. The van der Waals surface area contributed by atoms with E-state index in [0.29, 0.717) is 16.6 Å². The first-order chi connectivity index (χ1) is 11.7. The molecule has 0 aliphatic heterocycles. The highest BCUT2D eigenvalue weighted by molar-refractivity contribution is 7.13. The lowest BCUT2D eigenvalue weighted by Crippen LogP contribution is -2.32. The number of carbonyl (C=O) groups is 2. The Balaban J connectivity index is 1.48. The van der Waals surface area contributed by atoms with E-state index >= 15 is 0 Å². The van der Waals surface area contributed by atoms with Gasteiger partial charge in [0.2, 0.25) is 5.91 Å². The topological polar surface area (TPSA) is 71.1 Å². The Kier molecular flexibility index (Phi) is 5.59. The largest absolute Gasteiger partial charge is 0.343 e. The number of benzene rings is 1. The van der Waals surface area contributed by atoms with Gasteiger partial charge in [-0.3, -0.25) is 9.59 Å². The van der Waals surface area contributed by atoms with Crippen molar-refractivity contribution in [1.29, 1.82) is 0 Å². The molecular formula is C18H21N3O2S. The van der Waals surface area contributed by atoms with Crippen molar-refractivity contribution in [3.8, 4) is 0 Å². The molecule has 1 aromatic carbocycles. The lowest BCUT2D eigenvalue weighted by Gasteiger charge is -2.19. The number of nitrogens with one attached hydrogen (secondary N) is 2. The van der Waals surface area contributed by atoms with Crippen LogP contribution in [0.2, 0.25) is 0 Å². The first kappa shape index (κ1) is 16.6. The van der Waals surface area contributed by atoms with Gasteiger partial charge >= 0.3 is 0 Å². The Hall–Kier alpha value is -2.21. The highest BCUT2D eigenvalue weighted by Gasteiger charge is 2.18. The predicted molar refractivity (Wildman–Crippen MR) is 95.3 cm³/mol. The molecule has 1 heterocycles. The molecule has 0 unspecified atom stereocenters. The summed E-state index contributed by atoms with van der Waals surface area (Å²) in [5.74, 6) is 0.00930. The van der Waals surface area contributed by atoms with E-state index in [0.717, 1.165) is 5.69 Å². The van der Waals surface area contributed by atoms with Gasteiger partial charge in [0.25, 0.3) is 5.91 Å². The lowest BCUT2D eigenvalue weighted by atomic mass is 9.87. The molecular weight excluding hydrogens is 322 g/mol. The van der Waals surface area contributed by atoms with Crippen LogP contribution in [0.1, 0.15) is 54.1 Å². The molecule has 1 aliphatic rings. The molecule has 6 heteroatoms. The summed E-state index contributed by atoms with van der Waals surface area (Å²) in [6, 6.07) is 8.85. The van der Waals surface area contributed by atoms with Gasteiger partial charge in [-0.25, -0.2) is 4.98 Å². The number of hydrogen-bond donors (Lipinski definition) is 2. The zero-order valence-electron chi connectivity index (χ0n) is 13.5. The molecule has 0 atom stereocenters. The van der Waals surface area contributed by atoms with Gasteiger partial charge in [-0.05, 0) is 25.0 Å². The van der Waals surface area contributed by atoms with Crippen LogP contribution in [0.3, 0.4) is 0 Å².